The molecule has 8 nitrogen and oxygen atoms in total. The summed E-state index contributed by atoms with van der Waals surface area (Å²) in [6.07, 6.45) is 1.74. The summed E-state index contributed by atoms with van der Waals surface area (Å²) >= 11 is 0. The molecule has 180 valence electrons. The van der Waals surface area contributed by atoms with Crippen LogP contribution in [0.5, 0.6) is 0 Å². The number of H-pyrrole nitrogens is 1. The van der Waals surface area contributed by atoms with Gasteiger partial charge in [-0.1, -0.05) is 48.5 Å². The van der Waals surface area contributed by atoms with Gasteiger partial charge in [0.05, 0.1) is 25.3 Å². The van der Waals surface area contributed by atoms with Gasteiger partial charge in [-0.2, -0.15) is 5.10 Å². The average molecular weight is 573 g/mol. The number of ether oxygens (including phenoxy) is 1. The van der Waals surface area contributed by atoms with Crippen LogP contribution in [-0.4, -0.2) is 75.9 Å². The molecule has 5 rings (SSSR count). The van der Waals surface area contributed by atoms with Gasteiger partial charge in [0.1, 0.15) is 6.33 Å². The molecule has 2 aliphatic rings. The molecule has 1 aromatic heterocycles. The second kappa shape index (κ2) is 11.8. The number of likely N-dealkylation sites (tertiary alicyclic amines) is 1. The Labute approximate surface area is 217 Å². The average Bonchev–Trinajstić information content (AvgIpc) is 3.54. The highest BCUT2D eigenvalue weighted by atomic mass is 127. The fourth-order valence-electron chi connectivity index (χ4n) is 4.70. The Morgan fingerprint density at radius 3 is 2.79 bits per heavy atom. The summed E-state index contributed by atoms with van der Waals surface area (Å²) in [5, 5.41) is 10.4. The highest BCUT2D eigenvalue weighted by Gasteiger charge is 2.41. The third-order valence-electron chi connectivity index (χ3n) is 6.31. The standard InChI is InChI=1S/C25H31N7O.HI/c1-2-26-25(27-14-20-9-6-10-21(13-20)24-28-18-29-30-24)32-16-22-23(17-32)33-12-11-31(22)15-19-7-4-3-5-8-19;/h3-10,13,18,22-23H,2,11-12,14-17H2,1H3,(H,26,27)(H,28,29,30);1H. The van der Waals surface area contributed by atoms with Crippen LogP contribution in [0.3, 0.4) is 0 Å². The number of nitrogens with one attached hydrogen (secondary N) is 2. The second-order valence-electron chi connectivity index (χ2n) is 8.54. The van der Waals surface area contributed by atoms with Gasteiger partial charge in [0.25, 0.3) is 0 Å². The number of aromatic amines is 1. The number of hydrogen-bond donors (Lipinski definition) is 2. The molecule has 2 saturated heterocycles. The maximum absolute atomic E-state index is 6.17. The summed E-state index contributed by atoms with van der Waals surface area (Å²) in [5.74, 6) is 1.72. The molecular weight excluding hydrogens is 541 g/mol. The summed E-state index contributed by atoms with van der Waals surface area (Å²) < 4.78 is 6.17. The molecular formula is C25H32IN7O. The lowest BCUT2D eigenvalue weighted by atomic mass is 10.1. The van der Waals surface area contributed by atoms with Gasteiger partial charge in [-0.3, -0.25) is 10.00 Å². The predicted octanol–water partition coefficient (Wildman–Crippen LogP) is 3.14. The number of benzene rings is 2. The van der Waals surface area contributed by atoms with Gasteiger partial charge in [-0.25, -0.2) is 9.98 Å². The number of rotatable bonds is 6. The van der Waals surface area contributed by atoms with Crippen LogP contribution in [0, 0.1) is 0 Å². The fourth-order valence-corrected chi connectivity index (χ4v) is 4.70. The molecule has 2 aromatic carbocycles. The first-order chi connectivity index (χ1) is 16.3. The molecule has 3 aromatic rings. The van der Waals surface area contributed by atoms with Crippen LogP contribution in [0.4, 0.5) is 0 Å². The molecule has 0 bridgehead atoms. The number of hydrogen-bond acceptors (Lipinski definition) is 5. The van der Waals surface area contributed by atoms with Crippen LogP contribution >= 0.6 is 24.0 Å². The van der Waals surface area contributed by atoms with E-state index in [0.29, 0.717) is 12.6 Å². The van der Waals surface area contributed by atoms with E-state index in [4.69, 9.17) is 9.73 Å². The number of halogens is 1. The zero-order valence-electron chi connectivity index (χ0n) is 19.4. The Morgan fingerprint density at radius 1 is 1.15 bits per heavy atom. The fraction of sp³-hybridized carbons (Fsp3) is 0.400. The minimum absolute atomic E-state index is 0. The molecule has 3 heterocycles. The van der Waals surface area contributed by atoms with Crippen molar-refractivity contribution in [3.8, 4) is 11.4 Å². The Hall–Kier alpha value is -2.50. The van der Waals surface area contributed by atoms with Gasteiger partial charge < -0.3 is 15.0 Å². The molecule has 2 unspecified atom stereocenters. The molecule has 34 heavy (non-hydrogen) atoms. The minimum atomic E-state index is 0. The first kappa shape index (κ1) is 24.6. The molecule has 0 saturated carbocycles. The number of fused-ring (bicyclic) bond motifs is 1. The van der Waals surface area contributed by atoms with E-state index in [2.05, 4.69) is 79.7 Å². The van der Waals surface area contributed by atoms with Gasteiger partial charge in [0.2, 0.25) is 0 Å². The molecule has 0 radical (unpaired) electrons. The van der Waals surface area contributed by atoms with Gasteiger partial charge in [-0.05, 0) is 24.1 Å². The lowest BCUT2D eigenvalue weighted by Gasteiger charge is -2.36. The van der Waals surface area contributed by atoms with E-state index in [-0.39, 0.29) is 30.1 Å². The summed E-state index contributed by atoms with van der Waals surface area (Å²) in [5.41, 5.74) is 3.50. The smallest absolute Gasteiger partial charge is 0.194 e. The SMILES string of the molecule is CCNC(=NCc1cccc(-c2ncn[nH]2)c1)N1CC2OCCN(Cc3ccccc3)C2C1.I. The van der Waals surface area contributed by atoms with Gasteiger partial charge >= 0.3 is 0 Å². The highest BCUT2D eigenvalue weighted by Crippen LogP contribution is 2.25. The first-order valence-electron chi connectivity index (χ1n) is 11.7. The topological polar surface area (TPSA) is 81.7 Å². The van der Waals surface area contributed by atoms with Crippen LogP contribution in [0.1, 0.15) is 18.1 Å². The summed E-state index contributed by atoms with van der Waals surface area (Å²) in [6.45, 7) is 8.03. The number of morpholine rings is 1. The maximum Gasteiger partial charge on any atom is 0.194 e. The second-order valence-corrected chi connectivity index (χ2v) is 8.54. The Bertz CT molecular complexity index is 1060. The lowest BCUT2D eigenvalue weighted by molar-refractivity contribution is -0.0502. The van der Waals surface area contributed by atoms with E-state index >= 15 is 0 Å². The zero-order valence-corrected chi connectivity index (χ0v) is 21.8. The lowest BCUT2D eigenvalue weighted by Crippen LogP contribution is -2.50. The minimum Gasteiger partial charge on any atom is -0.373 e. The van der Waals surface area contributed by atoms with Crippen molar-refractivity contribution in [1.82, 2.24) is 30.3 Å². The number of aliphatic imine (C=N–C) groups is 1. The third kappa shape index (κ3) is 5.76. The van der Waals surface area contributed by atoms with Crippen LogP contribution in [0.15, 0.2) is 65.9 Å². The Kier molecular flexibility index (Phi) is 8.52. The van der Waals surface area contributed by atoms with E-state index in [1.54, 1.807) is 0 Å². The van der Waals surface area contributed by atoms with Crippen LogP contribution in [0.2, 0.25) is 0 Å². The molecule has 9 heteroatoms. The van der Waals surface area contributed by atoms with Crippen molar-refractivity contribution in [1.29, 1.82) is 0 Å². The van der Waals surface area contributed by atoms with Crippen LogP contribution in [0.25, 0.3) is 11.4 Å². The third-order valence-corrected chi connectivity index (χ3v) is 6.31. The first-order valence-corrected chi connectivity index (χ1v) is 11.7. The molecule has 2 atom stereocenters. The van der Waals surface area contributed by atoms with Crippen molar-refractivity contribution in [2.24, 2.45) is 4.99 Å². The van der Waals surface area contributed by atoms with E-state index in [1.807, 2.05) is 12.1 Å². The van der Waals surface area contributed by atoms with Crippen molar-refractivity contribution in [2.75, 3.05) is 32.8 Å². The van der Waals surface area contributed by atoms with Gasteiger partial charge in [0.15, 0.2) is 11.8 Å². The van der Waals surface area contributed by atoms with E-state index < -0.39 is 0 Å². The maximum atomic E-state index is 6.17. The van der Waals surface area contributed by atoms with Gasteiger partial charge in [-0.15, -0.1) is 24.0 Å². The predicted molar refractivity (Wildman–Crippen MR) is 144 cm³/mol. The summed E-state index contributed by atoms with van der Waals surface area (Å²) in [6, 6.07) is 19.4. The monoisotopic (exact) mass is 573 g/mol. The molecule has 2 fully saturated rings. The van der Waals surface area contributed by atoms with E-state index in [0.717, 1.165) is 62.2 Å². The number of guanidine groups is 1. The van der Waals surface area contributed by atoms with Crippen molar-refractivity contribution >= 4 is 29.9 Å². The number of aromatic nitrogens is 3. The number of nitrogens with zero attached hydrogens (tertiary/aromatic N) is 5. The normalized spacial score (nSPS) is 20.6. The molecule has 0 aliphatic carbocycles. The Balaban J connectivity index is 0.00000274. The van der Waals surface area contributed by atoms with Crippen molar-refractivity contribution in [3.63, 3.8) is 0 Å². The van der Waals surface area contributed by atoms with Crippen molar-refractivity contribution in [3.05, 3.63) is 72.1 Å². The van der Waals surface area contributed by atoms with Crippen LogP contribution < -0.4 is 5.32 Å². The summed E-state index contributed by atoms with van der Waals surface area (Å²) in [4.78, 5) is 14.1. The molecule has 0 amide bonds. The largest absolute Gasteiger partial charge is 0.373 e. The van der Waals surface area contributed by atoms with E-state index in [1.165, 1.54) is 11.9 Å². The quantitative estimate of drug-likeness (QED) is 0.268. The van der Waals surface area contributed by atoms with Crippen molar-refractivity contribution < 1.29 is 4.74 Å². The van der Waals surface area contributed by atoms with Gasteiger partial charge in [0, 0.05) is 38.3 Å². The Morgan fingerprint density at radius 2 is 2.00 bits per heavy atom. The van der Waals surface area contributed by atoms with Crippen LogP contribution in [-0.2, 0) is 17.8 Å². The zero-order chi connectivity index (χ0) is 22.5. The summed E-state index contributed by atoms with van der Waals surface area (Å²) in [7, 11) is 0. The molecule has 0 spiro atoms. The van der Waals surface area contributed by atoms with E-state index in [9.17, 15) is 0 Å². The molecule has 2 aliphatic heterocycles. The molecule has 2 N–H and O–H groups in total. The highest BCUT2D eigenvalue weighted by molar-refractivity contribution is 14.0. The van der Waals surface area contributed by atoms with Crippen molar-refractivity contribution in [2.45, 2.75) is 32.2 Å².